The second-order valence-electron chi connectivity index (χ2n) is 8.01. The van der Waals surface area contributed by atoms with Crippen molar-refractivity contribution in [2.75, 3.05) is 6.61 Å². The lowest BCUT2D eigenvalue weighted by Crippen LogP contribution is -2.14. The lowest BCUT2D eigenvalue weighted by molar-refractivity contribution is -0.139. The van der Waals surface area contributed by atoms with Crippen molar-refractivity contribution in [1.82, 2.24) is 14.5 Å². The Hall–Kier alpha value is -4.68. The van der Waals surface area contributed by atoms with Gasteiger partial charge < -0.3 is 14.0 Å². The van der Waals surface area contributed by atoms with Gasteiger partial charge in [-0.1, -0.05) is 0 Å². The zero-order chi connectivity index (χ0) is 28.3. The number of fused-ring (bicyclic) bond motifs is 1. The topological polar surface area (TPSA) is 83.3 Å². The van der Waals surface area contributed by atoms with Gasteiger partial charge in [0.1, 0.15) is 28.8 Å². The number of alkyl halides is 3. The lowest BCUT2D eigenvalue weighted by Gasteiger charge is -2.15. The van der Waals surface area contributed by atoms with E-state index in [1.165, 1.54) is 16.7 Å². The van der Waals surface area contributed by atoms with Crippen molar-refractivity contribution in [3.05, 3.63) is 99.5 Å². The molecule has 0 aliphatic heterocycles. The van der Waals surface area contributed by atoms with E-state index in [-0.39, 0.29) is 28.8 Å². The van der Waals surface area contributed by atoms with Crippen LogP contribution in [0.5, 0.6) is 11.6 Å². The molecular weight excluding hydrogens is 532 g/mol. The highest BCUT2D eigenvalue weighted by atomic mass is 19.4. The molecule has 0 unspecified atom stereocenters. The number of aromatic nitrogens is 3. The van der Waals surface area contributed by atoms with E-state index in [0.717, 1.165) is 36.8 Å². The summed E-state index contributed by atoms with van der Waals surface area (Å²) in [4.78, 5) is 31.2. The van der Waals surface area contributed by atoms with Gasteiger partial charge in [0.25, 0.3) is 5.56 Å². The summed E-state index contributed by atoms with van der Waals surface area (Å²) in [6.07, 6.45) is -0.765. The standard InChI is InChI=1S/C26H17F6N3O4/c1-2-38-23(36)6-3-14-7-19(26(30,31)32)25(33-11-14)39-16-4-5-22-17(10-16)24(37)34-13-35(22)12-18-20(28)8-15(27)9-21(18)29/h3-11,13H,2,12H2,1H3/b6-3+. The van der Waals surface area contributed by atoms with Gasteiger partial charge in [-0.15, -0.1) is 0 Å². The minimum absolute atomic E-state index is 0.0476. The molecule has 2 aromatic carbocycles. The highest BCUT2D eigenvalue weighted by molar-refractivity contribution is 5.87. The van der Waals surface area contributed by atoms with Gasteiger partial charge in [-0.05, 0) is 42.8 Å². The number of ether oxygens (including phenoxy) is 2. The quantitative estimate of drug-likeness (QED) is 0.169. The van der Waals surface area contributed by atoms with Crippen molar-refractivity contribution in [1.29, 1.82) is 0 Å². The average molecular weight is 549 g/mol. The van der Waals surface area contributed by atoms with Crippen LogP contribution in [0, 0.1) is 17.5 Å². The van der Waals surface area contributed by atoms with Gasteiger partial charge in [-0.3, -0.25) is 4.79 Å². The molecule has 0 saturated heterocycles. The van der Waals surface area contributed by atoms with Crippen LogP contribution in [-0.2, 0) is 22.3 Å². The van der Waals surface area contributed by atoms with Crippen molar-refractivity contribution in [2.45, 2.75) is 19.6 Å². The monoisotopic (exact) mass is 549 g/mol. The third kappa shape index (κ3) is 6.25. The van der Waals surface area contributed by atoms with Gasteiger partial charge >= 0.3 is 12.1 Å². The second kappa shape index (κ2) is 11.0. The van der Waals surface area contributed by atoms with Crippen molar-refractivity contribution in [2.24, 2.45) is 0 Å². The van der Waals surface area contributed by atoms with Crippen molar-refractivity contribution < 1.29 is 40.6 Å². The molecule has 0 aliphatic carbocycles. The zero-order valence-electron chi connectivity index (χ0n) is 19.9. The van der Waals surface area contributed by atoms with Gasteiger partial charge in [-0.2, -0.15) is 18.2 Å². The first-order chi connectivity index (χ1) is 18.5. The fraction of sp³-hybridized carbons (Fsp3) is 0.154. The minimum atomic E-state index is -4.88. The first-order valence-electron chi connectivity index (χ1n) is 11.2. The van der Waals surface area contributed by atoms with E-state index in [0.29, 0.717) is 12.1 Å². The molecule has 0 spiro atoms. The van der Waals surface area contributed by atoms with Gasteiger partial charge in [0.05, 0.1) is 30.4 Å². The maximum atomic E-state index is 14.1. The van der Waals surface area contributed by atoms with Crippen LogP contribution < -0.4 is 10.3 Å². The number of esters is 1. The molecule has 0 amide bonds. The summed E-state index contributed by atoms with van der Waals surface area (Å²) in [6, 6.07) is 5.36. The molecule has 0 atom stereocenters. The molecule has 0 aliphatic rings. The van der Waals surface area contributed by atoms with Crippen LogP contribution in [0.2, 0.25) is 0 Å². The Labute approximate surface area is 216 Å². The summed E-state index contributed by atoms with van der Waals surface area (Å²) >= 11 is 0. The lowest BCUT2D eigenvalue weighted by atomic mass is 10.1. The van der Waals surface area contributed by atoms with Gasteiger partial charge in [-0.25, -0.2) is 22.9 Å². The minimum Gasteiger partial charge on any atom is -0.463 e. The summed E-state index contributed by atoms with van der Waals surface area (Å²) < 4.78 is 94.0. The van der Waals surface area contributed by atoms with E-state index >= 15 is 0 Å². The fourth-order valence-corrected chi connectivity index (χ4v) is 3.58. The smallest absolute Gasteiger partial charge is 0.421 e. The Morgan fingerprint density at radius 2 is 1.77 bits per heavy atom. The van der Waals surface area contributed by atoms with Gasteiger partial charge in [0, 0.05) is 30.0 Å². The molecule has 0 saturated carbocycles. The molecule has 4 aromatic rings. The maximum Gasteiger partial charge on any atom is 0.421 e. The normalized spacial score (nSPS) is 11.8. The number of hydrogen-bond acceptors (Lipinski definition) is 6. The molecule has 2 heterocycles. The zero-order valence-corrected chi connectivity index (χ0v) is 19.9. The largest absolute Gasteiger partial charge is 0.463 e. The average Bonchev–Trinajstić information content (AvgIpc) is 2.86. The number of hydrogen-bond donors (Lipinski definition) is 0. The van der Waals surface area contributed by atoms with E-state index in [9.17, 15) is 35.9 Å². The van der Waals surface area contributed by atoms with E-state index in [4.69, 9.17) is 4.74 Å². The molecule has 4 rings (SSSR count). The summed E-state index contributed by atoms with van der Waals surface area (Å²) in [5.74, 6) is -5.17. The van der Waals surface area contributed by atoms with E-state index in [1.54, 1.807) is 6.92 Å². The Balaban J connectivity index is 1.68. The SMILES string of the molecule is CCOC(=O)/C=C/c1cnc(Oc2ccc3c(c2)c(=O)ncn3Cc2c(F)cc(F)cc2F)c(C(F)(F)F)c1. The second-order valence-corrected chi connectivity index (χ2v) is 8.01. The fourth-order valence-electron chi connectivity index (χ4n) is 3.58. The Bertz CT molecular complexity index is 1630. The Morgan fingerprint density at radius 3 is 2.44 bits per heavy atom. The predicted molar refractivity (Wildman–Crippen MR) is 126 cm³/mol. The summed E-state index contributed by atoms with van der Waals surface area (Å²) in [5, 5.41) is -0.125. The predicted octanol–water partition coefficient (Wildman–Crippen LogP) is 5.64. The van der Waals surface area contributed by atoms with Crippen LogP contribution >= 0.6 is 0 Å². The van der Waals surface area contributed by atoms with Crippen LogP contribution in [0.1, 0.15) is 23.6 Å². The maximum absolute atomic E-state index is 14.1. The number of benzene rings is 2. The van der Waals surface area contributed by atoms with Crippen LogP contribution in [0.15, 0.2) is 59.8 Å². The first-order valence-corrected chi connectivity index (χ1v) is 11.2. The van der Waals surface area contributed by atoms with Crippen LogP contribution in [0.25, 0.3) is 17.0 Å². The molecule has 7 nitrogen and oxygen atoms in total. The van der Waals surface area contributed by atoms with Crippen molar-refractivity contribution >= 4 is 22.9 Å². The summed E-state index contributed by atoms with van der Waals surface area (Å²) in [7, 11) is 0. The van der Waals surface area contributed by atoms with E-state index < -0.39 is 58.7 Å². The molecule has 0 bridgehead atoms. The molecule has 0 fully saturated rings. The number of rotatable bonds is 7. The number of pyridine rings is 1. The van der Waals surface area contributed by atoms with E-state index in [2.05, 4.69) is 14.7 Å². The Morgan fingerprint density at radius 1 is 1.05 bits per heavy atom. The van der Waals surface area contributed by atoms with Crippen LogP contribution in [-0.4, -0.2) is 27.1 Å². The molecule has 2 aromatic heterocycles. The number of halogens is 6. The molecule has 13 heteroatoms. The molecule has 0 radical (unpaired) electrons. The van der Waals surface area contributed by atoms with Gasteiger partial charge in [0.2, 0.25) is 5.88 Å². The molecule has 0 N–H and O–H groups in total. The molecular formula is C26H17F6N3O4. The van der Waals surface area contributed by atoms with Crippen molar-refractivity contribution in [3.8, 4) is 11.6 Å². The van der Waals surface area contributed by atoms with Crippen LogP contribution in [0.4, 0.5) is 26.3 Å². The molecule has 202 valence electrons. The number of carbonyl (C=O) groups excluding carboxylic acids is 1. The molecule has 39 heavy (non-hydrogen) atoms. The first kappa shape index (κ1) is 27.4. The van der Waals surface area contributed by atoms with Crippen molar-refractivity contribution in [3.63, 3.8) is 0 Å². The summed E-state index contributed by atoms with van der Waals surface area (Å²) in [5.41, 5.74) is -2.43. The summed E-state index contributed by atoms with van der Waals surface area (Å²) in [6.45, 7) is 1.21. The van der Waals surface area contributed by atoms with E-state index in [1.807, 2.05) is 0 Å². The third-order valence-corrected chi connectivity index (χ3v) is 5.35. The number of carbonyl (C=O) groups is 1. The highest BCUT2D eigenvalue weighted by Gasteiger charge is 2.36. The van der Waals surface area contributed by atoms with Crippen LogP contribution in [0.3, 0.4) is 0 Å². The van der Waals surface area contributed by atoms with Gasteiger partial charge in [0.15, 0.2) is 0 Å². The number of nitrogens with zero attached hydrogens (tertiary/aromatic N) is 3. The Kier molecular flexibility index (Phi) is 7.70. The highest BCUT2D eigenvalue weighted by Crippen LogP contribution is 2.38. The third-order valence-electron chi connectivity index (χ3n) is 5.35.